The van der Waals surface area contributed by atoms with Crippen molar-refractivity contribution < 1.29 is 4.79 Å². The van der Waals surface area contributed by atoms with Gasteiger partial charge in [0.05, 0.1) is 4.88 Å². The second-order valence-electron chi connectivity index (χ2n) is 3.88. The molecule has 0 unspecified atom stereocenters. The van der Waals surface area contributed by atoms with E-state index in [0.29, 0.717) is 11.4 Å². The lowest BCUT2D eigenvalue weighted by molar-refractivity contribution is 0.0946. The molecule has 0 saturated heterocycles. The van der Waals surface area contributed by atoms with Gasteiger partial charge in [-0.15, -0.1) is 23.7 Å². The van der Waals surface area contributed by atoms with Crippen LogP contribution in [-0.2, 0) is 0 Å². The Labute approximate surface area is 121 Å². The molecule has 6 heteroatoms. The average Bonchev–Trinajstić information content (AvgIpc) is 2.72. The fourth-order valence-corrected chi connectivity index (χ4v) is 2.62. The number of hydrogen-bond donors (Lipinski definition) is 2. The van der Waals surface area contributed by atoms with Gasteiger partial charge in [-0.3, -0.25) is 4.79 Å². The average molecular weight is 342 g/mol. The van der Waals surface area contributed by atoms with Crippen LogP contribution < -0.4 is 11.1 Å². The molecule has 0 saturated carbocycles. The van der Waals surface area contributed by atoms with Crippen LogP contribution in [0.2, 0.25) is 0 Å². The van der Waals surface area contributed by atoms with E-state index >= 15 is 0 Å². The third-order valence-electron chi connectivity index (χ3n) is 2.80. The summed E-state index contributed by atoms with van der Waals surface area (Å²) >= 11 is 4.75. The summed E-state index contributed by atoms with van der Waals surface area (Å²) in [5, 5.41) is 4.77. The number of carbonyl (C=O) groups is 1. The van der Waals surface area contributed by atoms with Crippen molar-refractivity contribution in [2.24, 2.45) is 5.73 Å². The van der Waals surface area contributed by atoms with Crippen LogP contribution >= 0.6 is 39.7 Å². The summed E-state index contributed by atoms with van der Waals surface area (Å²) in [5.41, 5.74) is 5.82. The van der Waals surface area contributed by atoms with Crippen molar-refractivity contribution in [3.05, 3.63) is 20.8 Å². The normalized spacial score (nSPS) is 10.8. The van der Waals surface area contributed by atoms with Gasteiger partial charge in [-0.1, -0.05) is 13.8 Å². The lowest BCUT2D eigenvalue weighted by Crippen LogP contribution is -2.49. The van der Waals surface area contributed by atoms with Gasteiger partial charge in [0.15, 0.2) is 0 Å². The molecule has 98 valence electrons. The Morgan fingerprint density at radius 1 is 1.53 bits per heavy atom. The molecule has 0 aromatic carbocycles. The highest BCUT2D eigenvalue weighted by Gasteiger charge is 2.21. The van der Waals surface area contributed by atoms with Crippen molar-refractivity contribution in [1.82, 2.24) is 5.32 Å². The van der Waals surface area contributed by atoms with Crippen molar-refractivity contribution in [2.45, 2.75) is 32.2 Å². The molecule has 0 atom stereocenters. The summed E-state index contributed by atoms with van der Waals surface area (Å²) in [5.74, 6) is -0.0487. The minimum absolute atomic E-state index is 0. The molecule has 3 N–H and O–H groups in total. The molecule has 0 aliphatic rings. The van der Waals surface area contributed by atoms with Crippen molar-refractivity contribution in [2.75, 3.05) is 6.54 Å². The van der Waals surface area contributed by atoms with Gasteiger partial charge in [-0.25, -0.2) is 0 Å². The summed E-state index contributed by atoms with van der Waals surface area (Å²) in [7, 11) is 0. The maximum absolute atomic E-state index is 11.8. The Morgan fingerprint density at radius 3 is 2.53 bits per heavy atom. The van der Waals surface area contributed by atoms with Gasteiger partial charge >= 0.3 is 0 Å². The number of thiophene rings is 1. The molecule has 17 heavy (non-hydrogen) atoms. The summed E-state index contributed by atoms with van der Waals surface area (Å²) in [6, 6.07) is 1.82. The van der Waals surface area contributed by atoms with Gasteiger partial charge in [0.25, 0.3) is 5.91 Å². The van der Waals surface area contributed by atoms with E-state index < -0.39 is 0 Å². The Bertz CT molecular complexity index is 366. The first-order valence-corrected chi connectivity index (χ1v) is 6.99. The highest BCUT2D eigenvalue weighted by atomic mass is 79.9. The molecule has 1 rings (SSSR count). The smallest absolute Gasteiger partial charge is 0.261 e. The van der Waals surface area contributed by atoms with Crippen LogP contribution in [-0.4, -0.2) is 18.0 Å². The summed E-state index contributed by atoms with van der Waals surface area (Å²) in [4.78, 5) is 12.5. The lowest BCUT2D eigenvalue weighted by atomic mass is 9.94. The topological polar surface area (TPSA) is 55.1 Å². The van der Waals surface area contributed by atoms with E-state index in [4.69, 9.17) is 5.73 Å². The summed E-state index contributed by atoms with van der Waals surface area (Å²) in [6.07, 6.45) is 1.72. The van der Waals surface area contributed by atoms with E-state index in [1.54, 1.807) is 0 Å². The monoisotopic (exact) mass is 340 g/mol. The largest absolute Gasteiger partial charge is 0.349 e. The fraction of sp³-hybridized carbons (Fsp3) is 0.545. The molecule has 0 radical (unpaired) electrons. The van der Waals surface area contributed by atoms with Crippen molar-refractivity contribution in [3.63, 3.8) is 0 Å². The third kappa shape index (κ3) is 4.95. The van der Waals surface area contributed by atoms with Crippen molar-refractivity contribution in [3.8, 4) is 0 Å². The number of hydrogen-bond acceptors (Lipinski definition) is 3. The molecular weight excluding hydrogens is 324 g/mol. The number of halogens is 2. The predicted octanol–water partition coefficient (Wildman–Crippen LogP) is 3.18. The summed E-state index contributed by atoms with van der Waals surface area (Å²) in [6.45, 7) is 4.60. The lowest BCUT2D eigenvalue weighted by Gasteiger charge is -2.26. The molecular formula is C11H18BrClN2OS. The zero-order chi connectivity index (χ0) is 12.2. The number of amides is 1. The molecule has 3 nitrogen and oxygen atoms in total. The second kappa shape index (κ2) is 7.36. The van der Waals surface area contributed by atoms with Gasteiger partial charge in [-0.05, 0) is 34.8 Å². The Hall–Kier alpha value is -0.100. The van der Waals surface area contributed by atoms with Crippen LogP contribution in [0.15, 0.2) is 15.9 Å². The van der Waals surface area contributed by atoms with Gasteiger partial charge < -0.3 is 11.1 Å². The minimum atomic E-state index is -0.288. The van der Waals surface area contributed by atoms with Gasteiger partial charge in [-0.2, -0.15) is 0 Å². The Morgan fingerprint density at radius 2 is 2.12 bits per heavy atom. The van der Waals surface area contributed by atoms with E-state index in [2.05, 4.69) is 21.2 Å². The number of nitrogens with two attached hydrogens (primary N) is 1. The highest BCUT2D eigenvalue weighted by molar-refractivity contribution is 9.10. The quantitative estimate of drug-likeness (QED) is 0.864. The van der Waals surface area contributed by atoms with E-state index in [-0.39, 0.29) is 23.9 Å². The van der Waals surface area contributed by atoms with E-state index in [0.717, 1.165) is 17.3 Å². The van der Waals surface area contributed by atoms with Crippen LogP contribution in [0.25, 0.3) is 0 Å². The van der Waals surface area contributed by atoms with Gasteiger partial charge in [0.1, 0.15) is 0 Å². The molecule has 0 fully saturated rings. The van der Waals surface area contributed by atoms with Crippen LogP contribution in [0.5, 0.6) is 0 Å². The first-order valence-electron chi connectivity index (χ1n) is 5.32. The third-order valence-corrected chi connectivity index (χ3v) is 4.49. The maximum Gasteiger partial charge on any atom is 0.261 e. The molecule has 0 aliphatic heterocycles. The SMILES string of the molecule is CCC(N)(CC)CNC(=O)c1cc(Br)cs1.Cl. The predicted molar refractivity (Wildman–Crippen MR) is 79.1 cm³/mol. The Balaban J connectivity index is 0.00000256. The molecule has 0 aliphatic carbocycles. The van der Waals surface area contributed by atoms with Crippen LogP contribution in [0.1, 0.15) is 36.4 Å². The van der Waals surface area contributed by atoms with E-state index in [9.17, 15) is 4.79 Å². The molecule has 1 amide bonds. The zero-order valence-electron chi connectivity index (χ0n) is 9.96. The Kier molecular flexibility index (Phi) is 7.32. The number of nitrogens with one attached hydrogen (secondary N) is 1. The highest BCUT2D eigenvalue weighted by Crippen LogP contribution is 2.19. The molecule has 0 spiro atoms. The first kappa shape index (κ1) is 16.9. The van der Waals surface area contributed by atoms with Gasteiger partial charge in [0, 0.05) is 21.9 Å². The molecule has 0 bridgehead atoms. The molecule has 1 heterocycles. The van der Waals surface area contributed by atoms with Crippen molar-refractivity contribution in [1.29, 1.82) is 0 Å². The van der Waals surface area contributed by atoms with Gasteiger partial charge in [0.2, 0.25) is 0 Å². The van der Waals surface area contributed by atoms with Crippen LogP contribution in [0.4, 0.5) is 0 Å². The number of rotatable bonds is 5. The first-order chi connectivity index (χ1) is 7.50. The van der Waals surface area contributed by atoms with Crippen molar-refractivity contribution >= 4 is 45.6 Å². The zero-order valence-corrected chi connectivity index (χ0v) is 13.2. The second-order valence-corrected chi connectivity index (χ2v) is 5.71. The maximum atomic E-state index is 11.8. The minimum Gasteiger partial charge on any atom is -0.349 e. The number of carbonyl (C=O) groups excluding carboxylic acids is 1. The van der Waals surface area contributed by atoms with Crippen LogP contribution in [0.3, 0.4) is 0 Å². The van der Waals surface area contributed by atoms with Crippen LogP contribution in [0, 0.1) is 0 Å². The van der Waals surface area contributed by atoms with E-state index in [1.807, 2.05) is 25.3 Å². The standard InChI is InChI=1S/C11H17BrN2OS.ClH/c1-3-11(13,4-2)7-14-10(15)9-5-8(12)6-16-9;/h5-6H,3-4,7,13H2,1-2H3,(H,14,15);1H. The molecule has 1 aromatic heterocycles. The summed E-state index contributed by atoms with van der Waals surface area (Å²) < 4.78 is 0.938. The van der Waals surface area contributed by atoms with E-state index in [1.165, 1.54) is 11.3 Å². The fourth-order valence-electron chi connectivity index (χ4n) is 1.28. The molecule has 1 aromatic rings.